The van der Waals surface area contributed by atoms with Crippen LogP contribution in [0.1, 0.15) is 12.8 Å². The number of rotatable bonds is 9. The van der Waals surface area contributed by atoms with Gasteiger partial charge in [0.1, 0.15) is 18.1 Å². The first-order valence-electron chi connectivity index (χ1n) is 6.91. The van der Waals surface area contributed by atoms with Crippen LogP contribution in [0.25, 0.3) is 0 Å². The molecule has 0 aliphatic rings. The standard InChI is InChI=1S/C16H21N3O2/c1-19(13-14(12-18)4-3-9-17)10-11-21-16-7-5-15(20-2)6-8-16/h5-8,14H,3-4,10-11,13H2,1-2H3/t14-/m1/s1. The Morgan fingerprint density at radius 3 is 2.43 bits per heavy atom. The SMILES string of the molecule is COc1ccc(OCCN(C)C[C@@H](C#N)CCC#N)cc1. The van der Waals surface area contributed by atoms with Gasteiger partial charge in [-0.3, -0.25) is 0 Å². The Morgan fingerprint density at radius 2 is 1.86 bits per heavy atom. The fourth-order valence-electron chi connectivity index (χ4n) is 1.89. The predicted molar refractivity (Wildman–Crippen MR) is 79.9 cm³/mol. The van der Waals surface area contributed by atoms with Crippen molar-refractivity contribution in [2.45, 2.75) is 12.8 Å². The molecule has 21 heavy (non-hydrogen) atoms. The Bertz CT molecular complexity index is 488. The van der Waals surface area contributed by atoms with E-state index in [1.54, 1.807) is 7.11 Å². The van der Waals surface area contributed by atoms with Crippen LogP contribution in [-0.4, -0.2) is 38.8 Å². The minimum Gasteiger partial charge on any atom is -0.497 e. The molecule has 5 nitrogen and oxygen atoms in total. The molecule has 0 bridgehead atoms. The molecule has 112 valence electrons. The van der Waals surface area contributed by atoms with E-state index in [0.717, 1.165) is 18.0 Å². The van der Waals surface area contributed by atoms with Crippen molar-refractivity contribution in [3.05, 3.63) is 24.3 Å². The maximum atomic E-state index is 9.03. The molecule has 0 heterocycles. The monoisotopic (exact) mass is 287 g/mol. The minimum absolute atomic E-state index is 0.101. The van der Waals surface area contributed by atoms with E-state index in [9.17, 15) is 0 Å². The highest BCUT2D eigenvalue weighted by Gasteiger charge is 2.10. The lowest BCUT2D eigenvalue weighted by Crippen LogP contribution is -2.29. The fourth-order valence-corrected chi connectivity index (χ4v) is 1.89. The lowest BCUT2D eigenvalue weighted by Gasteiger charge is -2.19. The maximum Gasteiger partial charge on any atom is 0.119 e. The normalized spacial score (nSPS) is 11.5. The van der Waals surface area contributed by atoms with Gasteiger partial charge < -0.3 is 14.4 Å². The van der Waals surface area contributed by atoms with Crippen molar-refractivity contribution in [1.82, 2.24) is 4.90 Å². The molecular formula is C16H21N3O2. The van der Waals surface area contributed by atoms with E-state index in [2.05, 4.69) is 17.0 Å². The first-order chi connectivity index (χ1) is 10.2. The number of nitriles is 2. The lowest BCUT2D eigenvalue weighted by molar-refractivity contribution is 0.223. The van der Waals surface area contributed by atoms with E-state index in [1.165, 1.54) is 0 Å². The Hall–Kier alpha value is -2.24. The van der Waals surface area contributed by atoms with Crippen molar-refractivity contribution in [3.63, 3.8) is 0 Å². The van der Waals surface area contributed by atoms with Crippen molar-refractivity contribution in [1.29, 1.82) is 10.5 Å². The minimum atomic E-state index is -0.101. The second-order valence-corrected chi connectivity index (χ2v) is 4.81. The molecule has 1 rings (SSSR count). The zero-order valence-electron chi connectivity index (χ0n) is 12.6. The van der Waals surface area contributed by atoms with Gasteiger partial charge in [0, 0.05) is 19.5 Å². The van der Waals surface area contributed by atoms with Crippen LogP contribution in [0.4, 0.5) is 0 Å². The molecule has 0 amide bonds. The molecule has 0 unspecified atom stereocenters. The molecule has 0 aliphatic carbocycles. The molecule has 1 aromatic rings. The van der Waals surface area contributed by atoms with Gasteiger partial charge in [0.25, 0.3) is 0 Å². The molecule has 0 saturated heterocycles. The van der Waals surface area contributed by atoms with E-state index in [1.807, 2.05) is 31.3 Å². The number of likely N-dealkylation sites (N-methyl/N-ethyl adjacent to an activating group) is 1. The number of ether oxygens (including phenoxy) is 2. The maximum absolute atomic E-state index is 9.03. The third kappa shape index (κ3) is 6.65. The average molecular weight is 287 g/mol. The van der Waals surface area contributed by atoms with Crippen LogP contribution >= 0.6 is 0 Å². The van der Waals surface area contributed by atoms with E-state index in [4.69, 9.17) is 20.0 Å². The summed E-state index contributed by atoms with van der Waals surface area (Å²) in [6.07, 6.45) is 1.05. The fraction of sp³-hybridized carbons (Fsp3) is 0.500. The number of nitrogens with zero attached hydrogens (tertiary/aromatic N) is 3. The van der Waals surface area contributed by atoms with Crippen LogP contribution in [0.2, 0.25) is 0 Å². The summed E-state index contributed by atoms with van der Waals surface area (Å²) in [6, 6.07) is 11.8. The van der Waals surface area contributed by atoms with Crippen LogP contribution in [-0.2, 0) is 0 Å². The smallest absolute Gasteiger partial charge is 0.119 e. The Balaban J connectivity index is 2.27. The topological polar surface area (TPSA) is 69.3 Å². The van der Waals surface area contributed by atoms with E-state index in [-0.39, 0.29) is 5.92 Å². The molecule has 0 N–H and O–H groups in total. The quantitative estimate of drug-likeness (QED) is 0.697. The Morgan fingerprint density at radius 1 is 1.19 bits per heavy atom. The third-order valence-corrected chi connectivity index (χ3v) is 3.12. The summed E-state index contributed by atoms with van der Waals surface area (Å²) in [4.78, 5) is 2.05. The highest BCUT2D eigenvalue weighted by molar-refractivity contribution is 5.31. The lowest BCUT2D eigenvalue weighted by atomic mass is 10.1. The van der Waals surface area contributed by atoms with Crippen molar-refractivity contribution in [2.24, 2.45) is 5.92 Å². The molecule has 5 heteroatoms. The Labute approximate surface area is 126 Å². The summed E-state index contributed by atoms with van der Waals surface area (Å²) in [5.41, 5.74) is 0. The summed E-state index contributed by atoms with van der Waals surface area (Å²) in [7, 11) is 3.58. The number of methoxy groups -OCH3 is 1. The first kappa shape index (κ1) is 16.8. The van der Waals surface area contributed by atoms with E-state index < -0.39 is 0 Å². The highest BCUT2D eigenvalue weighted by atomic mass is 16.5. The van der Waals surface area contributed by atoms with Crippen LogP contribution in [0.15, 0.2) is 24.3 Å². The average Bonchev–Trinajstić information content (AvgIpc) is 2.52. The van der Waals surface area contributed by atoms with Crippen LogP contribution in [0.5, 0.6) is 11.5 Å². The van der Waals surface area contributed by atoms with Crippen LogP contribution in [0, 0.1) is 28.6 Å². The molecule has 0 fully saturated rings. The number of benzene rings is 1. The van der Waals surface area contributed by atoms with Crippen LogP contribution in [0.3, 0.4) is 0 Å². The van der Waals surface area contributed by atoms with Gasteiger partial charge >= 0.3 is 0 Å². The van der Waals surface area contributed by atoms with Gasteiger partial charge in [0.05, 0.1) is 25.2 Å². The number of hydrogen-bond acceptors (Lipinski definition) is 5. The summed E-state index contributed by atoms with van der Waals surface area (Å²) in [5, 5.41) is 17.6. The summed E-state index contributed by atoms with van der Waals surface area (Å²) >= 11 is 0. The van der Waals surface area contributed by atoms with Crippen molar-refractivity contribution < 1.29 is 9.47 Å². The third-order valence-electron chi connectivity index (χ3n) is 3.12. The zero-order valence-corrected chi connectivity index (χ0v) is 12.6. The molecule has 0 saturated carbocycles. The van der Waals surface area contributed by atoms with Crippen LogP contribution < -0.4 is 9.47 Å². The first-order valence-corrected chi connectivity index (χ1v) is 6.91. The molecule has 0 aromatic heterocycles. The molecular weight excluding hydrogens is 266 g/mol. The molecule has 0 radical (unpaired) electrons. The van der Waals surface area contributed by atoms with Gasteiger partial charge in [-0.2, -0.15) is 10.5 Å². The van der Waals surface area contributed by atoms with Gasteiger partial charge in [-0.05, 0) is 37.7 Å². The largest absolute Gasteiger partial charge is 0.497 e. The molecule has 0 aliphatic heterocycles. The number of hydrogen-bond donors (Lipinski definition) is 0. The summed E-state index contributed by atoms with van der Waals surface area (Å²) < 4.78 is 10.7. The Kier molecular flexibility index (Phi) is 7.71. The summed E-state index contributed by atoms with van der Waals surface area (Å²) in [5.74, 6) is 1.50. The molecule has 1 atom stereocenters. The second kappa shape index (κ2) is 9.63. The highest BCUT2D eigenvalue weighted by Crippen LogP contribution is 2.16. The second-order valence-electron chi connectivity index (χ2n) is 4.81. The van der Waals surface area contributed by atoms with Crippen molar-refractivity contribution in [3.8, 4) is 23.6 Å². The van der Waals surface area contributed by atoms with E-state index in [0.29, 0.717) is 26.0 Å². The van der Waals surface area contributed by atoms with Crippen molar-refractivity contribution >= 4 is 0 Å². The van der Waals surface area contributed by atoms with E-state index >= 15 is 0 Å². The summed E-state index contributed by atoms with van der Waals surface area (Å²) in [6.45, 7) is 1.94. The van der Waals surface area contributed by atoms with Crippen molar-refractivity contribution in [2.75, 3.05) is 33.9 Å². The zero-order chi connectivity index (χ0) is 15.5. The molecule has 0 spiro atoms. The van der Waals surface area contributed by atoms with Gasteiger partial charge in [0.2, 0.25) is 0 Å². The van der Waals surface area contributed by atoms with Gasteiger partial charge in [-0.25, -0.2) is 0 Å². The van der Waals surface area contributed by atoms with Gasteiger partial charge in [-0.15, -0.1) is 0 Å². The van der Waals surface area contributed by atoms with Gasteiger partial charge in [-0.1, -0.05) is 0 Å². The van der Waals surface area contributed by atoms with Gasteiger partial charge in [0.15, 0.2) is 0 Å². The molecule has 1 aromatic carbocycles. The predicted octanol–water partition coefficient (Wildman–Crippen LogP) is 2.45.